The maximum absolute atomic E-state index is 12.3. The van der Waals surface area contributed by atoms with E-state index in [1.807, 2.05) is 12.1 Å². The molecule has 2 aromatic heterocycles. The quantitative estimate of drug-likeness (QED) is 0.791. The predicted molar refractivity (Wildman–Crippen MR) is 87.1 cm³/mol. The van der Waals surface area contributed by atoms with Crippen LogP contribution in [0.2, 0.25) is 5.02 Å². The van der Waals surface area contributed by atoms with Crippen LogP contribution >= 0.6 is 11.6 Å². The monoisotopic (exact) mass is 328 g/mol. The third-order valence-electron chi connectivity index (χ3n) is 3.34. The number of pyridine rings is 1. The predicted octanol–water partition coefficient (Wildman–Crippen LogP) is 1.76. The van der Waals surface area contributed by atoms with Gasteiger partial charge < -0.3 is 9.88 Å². The Hall–Kier alpha value is -2.73. The summed E-state index contributed by atoms with van der Waals surface area (Å²) in [5, 5.41) is 3.76. The van der Waals surface area contributed by atoms with Crippen molar-refractivity contribution < 1.29 is 4.79 Å². The molecular weight excluding hydrogens is 316 g/mol. The van der Waals surface area contributed by atoms with Gasteiger partial charge in [0.15, 0.2) is 0 Å². The molecule has 0 saturated carbocycles. The van der Waals surface area contributed by atoms with E-state index in [1.165, 1.54) is 17.1 Å². The Labute approximate surface area is 136 Å². The third kappa shape index (κ3) is 3.54. The summed E-state index contributed by atoms with van der Waals surface area (Å²) in [5.41, 5.74) is 1.16. The van der Waals surface area contributed by atoms with Crippen LogP contribution < -0.4 is 10.9 Å². The first-order chi connectivity index (χ1) is 11.1. The van der Waals surface area contributed by atoms with Crippen molar-refractivity contribution in [3.8, 4) is 0 Å². The fourth-order valence-electron chi connectivity index (χ4n) is 2.20. The largest absolute Gasteiger partial charge is 0.350 e. The number of fused-ring (bicyclic) bond motifs is 1. The smallest absolute Gasteiger partial charge is 0.262 e. The zero-order valence-corrected chi connectivity index (χ0v) is 12.8. The number of nitrogens with one attached hydrogen (secondary N) is 1. The molecule has 0 unspecified atom stereocenters. The first kappa shape index (κ1) is 15.2. The van der Waals surface area contributed by atoms with E-state index in [1.54, 1.807) is 24.4 Å². The van der Waals surface area contributed by atoms with E-state index in [2.05, 4.69) is 15.3 Å². The molecular formula is C16H13ClN4O2. The molecule has 0 bridgehead atoms. The average Bonchev–Trinajstić information content (AvgIpc) is 2.56. The number of benzene rings is 1. The van der Waals surface area contributed by atoms with Crippen LogP contribution in [0.25, 0.3) is 10.9 Å². The van der Waals surface area contributed by atoms with Gasteiger partial charge in [-0.1, -0.05) is 23.7 Å². The summed E-state index contributed by atoms with van der Waals surface area (Å²) in [6.07, 6.45) is 4.38. The minimum atomic E-state index is -0.291. The molecule has 1 aromatic carbocycles. The van der Waals surface area contributed by atoms with E-state index >= 15 is 0 Å². The maximum Gasteiger partial charge on any atom is 0.262 e. The Kier molecular flexibility index (Phi) is 4.34. The molecule has 0 atom stereocenters. The molecule has 6 nitrogen and oxygen atoms in total. The Balaban J connectivity index is 1.71. The highest BCUT2D eigenvalue weighted by molar-refractivity contribution is 6.30. The molecule has 0 aliphatic heterocycles. The van der Waals surface area contributed by atoms with Gasteiger partial charge in [0.25, 0.3) is 5.56 Å². The number of amides is 1. The van der Waals surface area contributed by atoms with Crippen LogP contribution in [0.5, 0.6) is 0 Å². The Morgan fingerprint density at radius 1 is 1.30 bits per heavy atom. The number of nitrogens with zero attached hydrogens (tertiary/aromatic N) is 3. The van der Waals surface area contributed by atoms with Crippen LogP contribution in [0.1, 0.15) is 5.56 Å². The molecule has 116 valence electrons. The van der Waals surface area contributed by atoms with E-state index in [-0.39, 0.29) is 18.0 Å². The van der Waals surface area contributed by atoms with Crippen molar-refractivity contribution in [2.24, 2.45) is 0 Å². The third-order valence-corrected chi connectivity index (χ3v) is 3.57. The molecule has 0 saturated heterocycles. The van der Waals surface area contributed by atoms with Crippen LogP contribution in [-0.2, 0) is 17.9 Å². The van der Waals surface area contributed by atoms with Gasteiger partial charge in [-0.2, -0.15) is 0 Å². The molecule has 0 fully saturated rings. The number of rotatable bonds is 4. The Morgan fingerprint density at radius 3 is 3.00 bits per heavy atom. The lowest BCUT2D eigenvalue weighted by atomic mass is 10.2. The van der Waals surface area contributed by atoms with E-state index < -0.39 is 0 Å². The van der Waals surface area contributed by atoms with E-state index in [0.29, 0.717) is 22.5 Å². The topological polar surface area (TPSA) is 76.9 Å². The van der Waals surface area contributed by atoms with Gasteiger partial charge in [-0.25, -0.2) is 9.97 Å². The molecule has 2 heterocycles. The minimum Gasteiger partial charge on any atom is -0.350 e. The molecule has 1 amide bonds. The molecule has 0 spiro atoms. The number of halogens is 1. The van der Waals surface area contributed by atoms with Crippen LogP contribution in [0.4, 0.5) is 0 Å². The SMILES string of the molecule is O=C(Cn1ccc2ncncc2c1=O)NCc1cccc(Cl)c1. The van der Waals surface area contributed by atoms with E-state index in [4.69, 9.17) is 11.6 Å². The fourth-order valence-corrected chi connectivity index (χ4v) is 2.42. The lowest BCUT2D eigenvalue weighted by Gasteiger charge is -2.08. The van der Waals surface area contributed by atoms with Gasteiger partial charge in [-0.05, 0) is 23.8 Å². The van der Waals surface area contributed by atoms with Crippen molar-refractivity contribution in [1.29, 1.82) is 0 Å². The van der Waals surface area contributed by atoms with E-state index in [0.717, 1.165) is 5.56 Å². The number of hydrogen-bond donors (Lipinski definition) is 1. The van der Waals surface area contributed by atoms with Crippen LogP contribution in [-0.4, -0.2) is 20.4 Å². The molecule has 0 aliphatic rings. The summed E-state index contributed by atoms with van der Waals surface area (Å²) in [6.45, 7) is 0.287. The Morgan fingerprint density at radius 2 is 2.17 bits per heavy atom. The van der Waals surface area contributed by atoms with Crippen molar-refractivity contribution in [3.63, 3.8) is 0 Å². The second-order valence-corrected chi connectivity index (χ2v) is 5.41. The first-order valence-electron chi connectivity index (χ1n) is 6.94. The second kappa shape index (κ2) is 6.58. The zero-order chi connectivity index (χ0) is 16.2. The minimum absolute atomic E-state index is 0.0652. The van der Waals surface area contributed by atoms with Gasteiger partial charge in [0.05, 0.1) is 10.9 Å². The van der Waals surface area contributed by atoms with Crippen molar-refractivity contribution in [1.82, 2.24) is 19.9 Å². The zero-order valence-electron chi connectivity index (χ0n) is 12.1. The van der Waals surface area contributed by atoms with Gasteiger partial charge in [-0.15, -0.1) is 0 Å². The highest BCUT2D eigenvalue weighted by atomic mass is 35.5. The first-order valence-corrected chi connectivity index (χ1v) is 7.31. The van der Waals surface area contributed by atoms with Crippen molar-refractivity contribution in [2.75, 3.05) is 0 Å². The second-order valence-electron chi connectivity index (χ2n) is 4.98. The van der Waals surface area contributed by atoms with E-state index in [9.17, 15) is 9.59 Å². The summed E-state index contributed by atoms with van der Waals surface area (Å²) in [5.74, 6) is -0.261. The standard InChI is InChI=1S/C16H13ClN4O2/c17-12-3-1-2-11(6-12)7-19-15(22)9-21-5-4-14-13(16(21)23)8-18-10-20-14/h1-6,8,10H,7,9H2,(H,19,22). The fraction of sp³-hybridized carbons (Fsp3) is 0.125. The van der Waals surface area contributed by atoms with Gasteiger partial charge in [-0.3, -0.25) is 9.59 Å². The van der Waals surface area contributed by atoms with Crippen LogP contribution in [0.15, 0.2) is 53.8 Å². The van der Waals surface area contributed by atoms with Gasteiger partial charge in [0.1, 0.15) is 12.9 Å². The number of carbonyl (C=O) groups excluding carboxylic acids is 1. The average molecular weight is 329 g/mol. The molecule has 3 aromatic rings. The lowest BCUT2D eigenvalue weighted by molar-refractivity contribution is -0.121. The van der Waals surface area contributed by atoms with Crippen LogP contribution in [0.3, 0.4) is 0 Å². The molecule has 23 heavy (non-hydrogen) atoms. The number of aromatic nitrogens is 3. The Bertz CT molecular complexity index is 923. The van der Waals surface area contributed by atoms with Crippen molar-refractivity contribution >= 4 is 28.4 Å². The normalized spacial score (nSPS) is 10.7. The summed E-state index contributed by atoms with van der Waals surface area (Å²) >= 11 is 5.90. The van der Waals surface area contributed by atoms with Crippen molar-refractivity contribution in [3.05, 3.63) is 70.0 Å². The van der Waals surface area contributed by atoms with Gasteiger partial charge in [0, 0.05) is 24.0 Å². The molecule has 1 N–H and O–H groups in total. The lowest BCUT2D eigenvalue weighted by Crippen LogP contribution is -2.31. The molecule has 0 aliphatic carbocycles. The highest BCUT2D eigenvalue weighted by Gasteiger charge is 2.08. The number of hydrogen-bond acceptors (Lipinski definition) is 4. The molecule has 3 rings (SSSR count). The van der Waals surface area contributed by atoms with Gasteiger partial charge in [0.2, 0.25) is 5.91 Å². The molecule has 0 radical (unpaired) electrons. The summed E-state index contributed by atoms with van der Waals surface area (Å²) in [7, 11) is 0. The number of carbonyl (C=O) groups is 1. The summed E-state index contributed by atoms with van der Waals surface area (Å²) < 4.78 is 1.33. The molecule has 7 heteroatoms. The highest BCUT2D eigenvalue weighted by Crippen LogP contribution is 2.10. The maximum atomic E-state index is 12.3. The summed E-state index contributed by atoms with van der Waals surface area (Å²) in [6, 6.07) is 8.91. The van der Waals surface area contributed by atoms with Gasteiger partial charge >= 0.3 is 0 Å². The van der Waals surface area contributed by atoms with Crippen LogP contribution in [0, 0.1) is 0 Å². The summed E-state index contributed by atoms with van der Waals surface area (Å²) in [4.78, 5) is 32.1. The van der Waals surface area contributed by atoms with Crippen molar-refractivity contribution in [2.45, 2.75) is 13.1 Å².